The molecule has 2 nitrogen and oxygen atoms in total. The van der Waals surface area contributed by atoms with E-state index < -0.39 is 0 Å². The molecule has 1 aromatic rings. The van der Waals surface area contributed by atoms with Gasteiger partial charge in [0.15, 0.2) is 0 Å². The summed E-state index contributed by atoms with van der Waals surface area (Å²) in [4.78, 5) is 0. The van der Waals surface area contributed by atoms with Crippen molar-refractivity contribution in [3.8, 4) is 0 Å². The molecule has 17 heavy (non-hydrogen) atoms. The molecular formula is C14H20ClNO. The summed E-state index contributed by atoms with van der Waals surface area (Å²) in [5.74, 6) is 0. The van der Waals surface area contributed by atoms with Crippen LogP contribution in [-0.2, 0) is 4.74 Å². The number of benzene rings is 1. The van der Waals surface area contributed by atoms with Gasteiger partial charge in [-0.15, -0.1) is 0 Å². The van der Waals surface area contributed by atoms with Gasteiger partial charge in [-0.1, -0.05) is 30.7 Å². The van der Waals surface area contributed by atoms with Gasteiger partial charge < -0.3 is 10.1 Å². The van der Waals surface area contributed by atoms with Crippen molar-refractivity contribution in [1.29, 1.82) is 0 Å². The molecule has 1 aromatic carbocycles. The van der Waals surface area contributed by atoms with Crippen molar-refractivity contribution in [2.24, 2.45) is 0 Å². The highest BCUT2D eigenvalue weighted by atomic mass is 35.5. The van der Waals surface area contributed by atoms with Gasteiger partial charge in [0.25, 0.3) is 0 Å². The summed E-state index contributed by atoms with van der Waals surface area (Å²) in [7, 11) is 0. The van der Waals surface area contributed by atoms with Gasteiger partial charge in [0, 0.05) is 16.6 Å². The van der Waals surface area contributed by atoms with Crippen LogP contribution in [0.2, 0.25) is 5.02 Å². The van der Waals surface area contributed by atoms with E-state index in [-0.39, 0.29) is 11.6 Å². The predicted molar refractivity (Wildman–Crippen MR) is 71.4 cm³/mol. The van der Waals surface area contributed by atoms with Gasteiger partial charge in [0.2, 0.25) is 0 Å². The number of halogens is 1. The van der Waals surface area contributed by atoms with Gasteiger partial charge in [0.1, 0.15) is 0 Å². The summed E-state index contributed by atoms with van der Waals surface area (Å²) in [6, 6.07) is 8.30. The molecule has 1 aliphatic heterocycles. The Morgan fingerprint density at radius 2 is 2.24 bits per heavy atom. The zero-order valence-electron chi connectivity index (χ0n) is 10.7. The fourth-order valence-electron chi connectivity index (χ4n) is 2.36. The number of morpholine rings is 1. The Labute approximate surface area is 108 Å². The first-order valence-electron chi connectivity index (χ1n) is 6.16. The third-order valence-corrected chi connectivity index (χ3v) is 3.42. The van der Waals surface area contributed by atoms with Crippen LogP contribution in [0, 0.1) is 0 Å². The van der Waals surface area contributed by atoms with E-state index in [1.807, 2.05) is 18.2 Å². The summed E-state index contributed by atoms with van der Waals surface area (Å²) in [6.07, 6.45) is 1.15. The van der Waals surface area contributed by atoms with Crippen molar-refractivity contribution in [3.05, 3.63) is 34.9 Å². The average molecular weight is 254 g/mol. The maximum Gasteiger partial charge on any atom is 0.0979 e. The minimum absolute atomic E-state index is 0.0513. The minimum Gasteiger partial charge on any atom is -0.370 e. The van der Waals surface area contributed by atoms with E-state index in [0.717, 1.165) is 23.6 Å². The highest BCUT2D eigenvalue weighted by Crippen LogP contribution is 2.31. The lowest BCUT2D eigenvalue weighted by molar-refractivity contribution is -0.0551. The topological polar surface area (TPSA) is 21.3 Å². The molecule has 3 heteroatoms. The molecule has 0 saturated carbocycles. The third kappa shape index (κ3) is 3.01. The van der Waals surface area contributed by atoms with Crippen LogP contribution in [0.5, 0.6) is 0 Å². The second kappa shape index (κ2) is 4.97. The molecule has 2 atom stereocenters. The molecule has 94 valence electrons. The second-order valence-electron chi connectivity index (χ2n) is 5.33. The number of nitrogens with one attached hydrogen (secondary N) is 1. The lowest BCUT2D eigenvalue weighted by Gasteiger charge is -2.42. The SMILES string of the molecule is CC[C@@H]1NC(C)(C)CO[C@H]1c1cccc(Cl)c1. The van der Waals surface area contributed by atoms with Crippen molar-refractivity contribution >= 4 is 11.6 Å². The molecule has 0 radical (unpaired) electrons. The van der Waals surface area contributed by atoms with Crippen LogP contribution in [0.1, 0.15) is 38.9 Å². The maximum atomic E-state index is 6.04. The summed E-state index contributed by atoms with van der Waals surface area (Å²) < 4.78 is 6.02. The maximum absolute atomic E-state index is 6.04. The van der Waals surface area contributed by atoms with Gasteiger partial charge in [-0.2, -0.15) is 0 Å². The normalized spacial score (nSPS) is 28.0. The molecule has 0 aromatic heterocycles. The van der Waals surface area contributed by atoms with E-state index in [1.54, 1.807) is 0 Å². The Kier molecular flexibility index (Phi) is 3.76. The third-order valence-electron chi connectivity index (χ3n) is 3.18. The molecule has 0 amide bonds. The van der Waals surface area contributed by atoms with Gasteiger partial charge in [-0.05, 0) is 38.0 Å². The Morgan fingerprint density at radius 3 is 2.88 bits per heavy atom. The van der Waals surface area contributed by atoms with Crippen LogP contribution >= 0.6 is 11.6 Å². The standard InChI is InChI=1S/C14H20ClNO/c1-4-12-13(17-9-14(2,3)16-12)10-6-5-7-11(15)8-10/h5-8,12-13,16H,4,9H2,1-3H3/t12-,13-/m0/s1. The molecule has 1 fully saturated rings. The molecule has 0 bridgehead atoms. The van der Waals surface area contributed by atoms with Crippen molar-refractivity contribution in [3.63, 3.8) is 0 Å². The van der Waals surface area contributed by atoms with Crippen molar-refractivity contribution in [2.75, 3.05) is 6.61 Å². The zero-order chi connectivity index (χ0) is 12.5. The Hall–Kier alpha value is -0.570. The summed E-state index contributed by atoms with van der Waals surface area (Å²) >= 11 is 6.04. The van der Waals surface area contributed by atoms with E-state index >= 15 is 0 Å². The molecule has 1 saturated heterocycles. The van der Waals surface area contributed by atoms with Gasteiger partial charge in [-0.25, -0.2) is 0 Å². The molecule has 0 spiro atoms. The van der Waals surface area contributed by atoms with Crippen molar-refractivity contribution < 1.29 is 4.74 Å². The number of hydrogen-bond donors (Lipinski definition) is 1. The largest absolute Gasteiger partial charge is 0.370 e. The van der Waals surface area contributed by atoms with Crippen LogP contribution in [0.25, 0.3) is 0 Å². The first kappa shape index (κ1) is 12.9. The van der Waals surface area contributed by atoms with Crippen molar-refractivity contribution in [2.45, 2.75) is 44.9 Å². The monoisotopic (exact) mass is 253 g/mol. The van der Waals surface area contributed by atoms with Crippen LogP contribution in [0.15, 0.2) is 24.3 Å². The summed E-state index contributed by atoms with van der Waals surface area (Å²) in [5, 5.41) is 4.41. The first-order valence-corrected chi connectivity index (χ1v) is 6.54. The van der Waals surface area contributed by atoms with E-state index in [2.05, 4.69) is 32.2 Å². The average Bonchev–Trinajstić information content (AvgIpc) is 2.27. The first-order chi connectivity index (χ1) is 8.02. The molecule has 1 aliphatic rings. The van der Waals surface area contributed by atoms with Gasteiger partial charge in [-0.3, -0.25) is 0 Å². The highest BCUT2D eigenvalue weighted by Gasteiger charge is 2.34. The highest BCUT2D eigenvalue weighted by molar-refractivity contribution is 6.30. The van der Waals surface area contributed by atoms with E-state index in [9.17, 15) is 0 Å². The summed E-state index contributed by atoms with van der Waals surface area (Å²) in [5.41, 5.74) is 1.21. The van der Waals surface area contributed by atoms with Crippen LogP contribution in [-0.4, -0.2) is 18.2 Å². The lowest BCUT2D eigenvalue weighted by Crippen LogP contribution is -2.56. The minimum atomic E-state index is 0.0513. The van der Waals surface area contributed by atoms with Crippen LogP contribution < -0.4 is 5.32 Å². The fourth-order valence-corrected chi connectivity index (χ4v) is 2.56. The van der Waals surface area contributed by atoms with E-state index in [0.29, 0.717) is 6.04 Å². The summed E-state index contributed by atoms with van der Waals surface area (Å²) in [6.45, 7) is 7.24. The van der Waals surface area contributed by atoms with Gasteiger partial charge in [0.05, 0.1) is 12.7 Å². The molecule has 2 rings (SSSR count). The Morgan fingerprint density at radius 1 is 1.47 bits per heavy atom. The second-order valence-corrected chi connectivity index (χ2v) is 5.77. The van der Waals surface area contributed by atoms with Crippen LogP contribution in [0.3, 0.4) is 0 Å². The molecule has 1 N–H and O–H groups in total. The van der Waals surface area contributed by atoms with E-state index in [1.165, 1.54) is 0 Å². The Bertz CT molecular complexity index is 392. The lowest BCUT2D eigenvalue weighted by atomic mass is 9.93. The molecule has 0 aliphatic carbocycles. The number of hydrogen-bond acceptors (Lipinski definition) is 2. The molecule has 1 heterocycles. The molecular weight excluding hydrogens is 234 g/mol. The van der Waals surface area contributed by atoms with Crippen molar-refractivity contribution in [1.82, 2.24) is 5.32 Å². The quantitative estimate of drug-likeness (QED) is 0.870. The smallest absolute Gasteiger partial charge is 0.0979 e. The molecule has 0 unspecified atom stereocenters. The number of ether oxygens (including phenoxy) is 1. The number of rotatable bonds is 2. The van der Waals surface area contributed by atoms with Gasteiger partial charge >= 0.3 is 0 Å². The zero-order valence-corrected chi connectivity index (χ0v) is 11.4. The van der Waals surface area contributed by atoms with Crippen LogP contribution in [0.4, 0.5) is 0 Å². The van der Waals surface area contributed by atoms with E-state index in [4.69, 9.17) is 16.3 Å². The predicted octanol–water partition coefficient (Wildman–Crippen LogP) is 3.56. The Balaban J connectivity index is 2.21. The fraction of sp³-hybridized carbons (Fsp3) is 0.571.